The molecule has 142 valence electrons. The molecular formula is C19H20N8O. The van der Waals surface area contributed by atoms with Gasteiger partial charge in [-0.05, 0) is 24.0 Å². The van der Waals surface area contributed by atoms with Gasteiger partial charge in [-0.15, -0.1) is 0 Å². The Bertz CT molecular complexity index is 1260. The molecule has 4 aromatic rings. The molecule has 2 fully saturated rings. The second-order valence-electron chi connectivity index (χ2n) is 7.78. The summed E-state index contributed by atoms with van der Waals surface area (Å²) in [5.74, 6) is 2.06. The average Bonchev–Trinajstić information content (AvgIpc) is 3.44. The molecule has 0 saturated carbocycles. The Morgan fingerprint density at radius 2 is 1.96 bits per heavy atom. The largest absolute Gasteiger partial charge is 0.340 e. The van der Waals surface area contributed by atoms with E-state index in [0.717, 1.165) is 65.6 Å². The Labute approximate surface area is 159 Å². The Hall–Kier alpha value is -3.20. The fraction of sp³-hybridized carbons (Fsp3) is 0.368. The number of nitrogens with zero attached hydrogens (tertiary/aromatic N) is 5. The molecule has 0 bridgehead atoms. The van der Waals surface area contributed by atoms with Gasteiger partial charge in [0.05, 0.1) is 17.4 Å². The van der Waals surface area contributed by atoms with Gasteiger partial charge in [0.15, 0.2) is 5.65 Å². The number of fused-ring (bicyclic) bond motifs is 3. The van der Waals surface area contributed by atoms with Crippen LogP contribution in [0.3, 0.4) is 0 Å². The number of imidazole rings is 2. The fourth-order valence-electron chi connectivity index (χ4n) is 4.57. The predicted octanol–water partition coefficient (Wildman–Crippen LogP) is 0.856. The molecule has 9 heteroatoms. The highest BCUT2D eigenvalue weighted by Crippen LogP contribution is 2.32. The van der Waals surface area contributed by atoms with Crippen molar-refractivity contribution in [2.45, 2.75) is 0 Å². The zero-order valence-corrected chi connectivity index (χ0v) is 15.4. The SMILES string of the molecule is Cn1c(=O)[nH]c2cc(-c3nc(N4C[C@H]5CNC[C@H]5C4)nc4[nH]cnc34)ccc21. The average molecular weight is 376 g/mol. The summed E-state index contributed by atoms with van der Waals surface area (Å²) >= 11 is 0. The quantitative estimate of drug-likeness (QED) is 0.479. The van der Waals surface area contributed by atoms with Gasteiger partial charge in [0.25, 0.3) is 0 Å². The number of hydrogen-bond acceptors (Lipinski definition) is 6. The van der Waals surface area contributed by atoms with Crippen molar-refractivity contribution >= 4 is 28.1 Å². The summed E-state index contributed by atoms with van der Waals surface area (Å²) in [6.45, 7) is 4.08. The Morgan fingerprint density at radius 3 is 2.79 bits per heavy atom. The fourth-order valence-corrected chi connectivity index (χ4v) is 4.57. The van der Waals surface area contributed by atoms with Crippen molar-refractivity contribution < 1.29 is 0 Å². The minimum atomic E-state index is -0.127. The van der Waals surface area contributed by atoms with E-state index < -0.39 is 0 Å². The van der Waals surface area contributed by atoms with Gasteiger partial charge in [-0.3, -0.25) is 4.57 Å². The van der Waals surface area contributed by atoms with Crippen LogP contribution in [0.15, 0.2) is 29.3 Å². The van der Waals surface area contributed by atoms with Crippen LogP contribution in [0, 0.1) is 11.8 Å². The topological polar surface area (TPSA) is 108 Å². The van der Waals surface area contributed by atoms with E-state index in [1.807, 2.05) is 18.2 Å². The van der Waals surface area contributed by atoms with Crippen LogP contribution in [0.2, 0.25) is 0 Å². The van der Waals surface area contributed by atoms with Crippen LogP contribution in [0.25, 0.3) is 33.5 Å². The molecule has 2 aliphatic rings. The van der Waals surface area contributed by atoms with Crippen molar-refractivity contribution in [2.24, 2.45) is 18.9 Å². The summed E-state index contributed by atoms with van der Waals surface area (Å²) in [6, 6.07) is 5.88. The molecule has 3 aromatic heterocycles. The summed E-state index contributed by atoms with van der Waals surface area (Å²) < 4.78 is 1.60. The van der Waals surface area contributed by atoms with Crippen LogP contribution in [0.5, 0.6) is 0 Å². The smallest absolute Gasteiger partial charge is 0.326 e. The summed E-state index contributed by atoms with van der Waals surface area (Å²) in [6.07, 6.45) is 1.65. The minimum absolute atomic E-state index is 0.127. The zero-order valence-electron chi connectivity index (χ0n) is 15.4. The zero-order chi connectivity index (χ0) is 18.8. The maximum Gasteiger partial charge on any atom is 0.326 e. The Kier molecular flexibility index (Phi) is 3.19. The first-order chi connectivity index (χ1) is 13.7. The van der Waals surface area contributed by atoms with Crippen LogP contribution in [0.4, 0.5) is 5.95 Å². The Balaban J connectivity index is 1.49. The van der Waals surface area contributed by atoms with Gasteiger partial charge < -0.3 is 20.2 Å². The number of nitrogens with one attached hydrogen (secondary N) is 3. The monoisotopic (exact) mass is 376 g/mol. The molecular weight excluding hydrogens is 356 g/mol. The molecule has 6 rings (SSSR count). The van der Waals surface area contributed by atoms with Gasteiger partial charge in [0, 0.05) is 38.8 Å². The first-order valence-corrected chi connectivity index (χ1v) is 9.53. The molecule has 5 heterocycles. The van der Waals surface area contributed by atoms with E-state index >= 15 is 0 Å². The summed E-state index contributed by atoms with van der Waals surface area (Å²) in [7, 11) is 1.76. The molecule has 0 aliphatic carbocycles. The first-order valence-electron chi connectivity index (χ1n) is 9.53. The third kappa shape index (κ3) is 2.22. The lowest BCUT2D eigenvalue weighted by molar-refractivity contribution is 0.533. The van der Waals surface area contributed by atoms with Gasteiger partial charge in [0.2, 0.25) is 5.95 Å². The maximum atomic E-state index is 11.9. The second-order valence-corrected chi connectivity index (χ2v) is 7.78. The highest BCUT2D eigenvalue weighted by molar-refractivity contribution is 5.91. The molecule has 3 N–H and O–H groups in total. The van der Waals surface area contributed by atoms with Gasteiger partial charge >= 0.3 is 5.69 Å². The standard InChI is InChI=1S/C19H20N8O/c1-26-14-3-2-10(4-13(14)23-19(26)28)15-16-17(22-9-21-16)25-18(24-15)27-7-11-5-20-6-12(11)8-27/h2-4,9,11-12,20H,5-8H2,1H3,(H,23,28)(H,21,22,24,25)/t11-,12+. The van der Waals surface area contributed by atoms with Crippen molar-refractivity contribution in [3.63, 3.8) is 0 Å². The minimum Gasteiger partial charge on any atom is -0.340 e. The molecule has 0 unspecified atom stereocenters. The number of aromatic nitrogens is 6. The number of aromatic amines is 2. The molecule has 9 nitrogen and oxygen atoms in total. The highest BCUT2D eigenvalue weighted by Gasteiger charge is 2.37. The molecule has 1 aromatic carbocycles. The highest BCUT2D eigenvalue weighted by atomic mass is 16.1. The van der Waals surface area contributed by atoms with Crippen molar-refractivity contribution in [3.8, 4) is 11.3 Å². The van der Waals surface area contributed by atoms with Gasteiger partial charge in [-0.25, -0.2) is 14.8 Å². The van der Waals surface area contributed by atoms with Gasteiger partial charge in [-0.1, -0.05) is 6.07 Å². The summed E-state index contributed by atoms with van der Waals surface area (Å²) in [5.41, 5.74) is 4.69. The van der Waals surface area contributed by atoms with E-state index in [1.165, 1.54) is 0 Å². The number of aryl methyl sites for hydroxylation is 1. The number of rotatable bonds is 2. The van der Waals surface area contributed by atoms with Crippen molar-refractivity contribution in [1.82, 2.24) is 34.8 Å². The second kappa shape index (κ2) is 5.65. The van der Waals surface area contributed by atoms with E-state index in [-0.39, 0.29) is 5.69 Å². The molecule has 0 radical (unpaired) electrons. The lowest BCUT2D eigenvalue weighted by Crippen LogP contribution is -2.27. The van der Waals surface area contributed by atoms with E-state index in [0.29, 0.717) is 11.8 Å². The normalized spacial score (nSPS) is 21.8. The lowest BCUT2D eigenvalue weighted by Gasteiger charge is -2.18. The Morgan fingerprint density at radius 1 is 1.14 bits per heavy atom. The maximum absolute atomic E-state index is 11.9. The van der Waals surface area contributed by atoms with Crippen LogP contribution in [-0.2, 0) is 7.05 Å². The van der Waals surface area contributed by atoms with Gasteiger partial charge in [0.1, 0.15) is 11.2 Å². The molecule has 0 spiro atoms. The molecule has 2 aliphatic heterocycles. The third-order valence-corrected chi connectivity index (χ3v) is 6.12. The molecule has 2 atom stereocenters. The summed E-state index contributed by atoms with van der Waals surface area (Å²) in [5, 5.41) is 3.47. The number of hydrogen-bond donors (Lipinski definition) is 3. The van der Waals surface area contributed by atoms with Crippen LogP contribution in [-0.4, -0.2) is 55.7 Å². The number of anilines is 1. The number of H-pyrrole nitrogens is 2. The van der Waals surface area contributed by atoms with Crippen molar-refractivity contribution in [1.29, 1.82) is 0 Å². The molecule has 0 amide bonds. The first kappa shape index (κ1) is 15.8. The van der Waals surface area contributed by atoms with Crippen LogP contribution < -0.4 is 15.9 Å². The van der Waals surface area contributed by atoms with Crippen LogP contribution >= 0.6 is 0 Å². The van der Waals surface area contributed by atoms with E-state index in [1.54, 1.807) is 17.9 Å². The van der Waals surface area contributed by atoms with Crippen molar-refractivity contribution in [2.75, 3.05) is 31.1 Å². The van der Waals surface area contributed by atoms with E-state index in [2.05, 4.69) is 25.2 Å². The van der Waals surface area contributed by atoms with Crippen molar-refractivity contribution in [3.05, 3.63) is 35.0 Å². The lowest BCUT2D eigenvalue weighted by atomic mass is 10.0. The predicted molar refractivity (Wildman–Crippen MR) is 106 cm³/mol. The number of benzene rings is 1. The molecule has 2 saturated heterocycles. The third-order valence-electron chi connectivity index (χ3n) is 6.12. The molecule has 28 heavy (non-hydrogen) atoms. The van der Waals surface area contributed by atoms with E-state index in [4.69, 9.17) is 9.97 Å². The summed E-state index contributed by atoms with van der Waals surface area (Å²) in [4.78, 5) is 34.3. The van der Waals surface area contributed by atoms with E-state index in [9.17, 15) is 4.79 Å². The van der Waals surface area contributed by atoms with Gasteiger partial charge in [-0.2, -0.15) is 4.98 Å². The van der Waals surface area contributed by atoms with Crippen LogP contribution in [0.1, 0.15) is 0 Å².